The van der Waals surface area contributed by atoms with Gasteiger partial charge in [-0.15, -0.1) is 0 Å². The third-order valence-corrected chi connectivity index (χ3v) is 6.85. The molecule has 1 aromatic carbocycles. The van der Waals surface area contributed by atoms with Crippen molar-refractivity contribution in [2.24, 2.45) is 0 Å². The van der Waals surface area contributed by atoms with Gasteiger partial charge in [0.1, 0.15) is 0 Å². The molecular formula is C14H20BrN3O2S. The molecular weight excluding hydrogens is 354 g/mol. The molecule has 7 heteroatoms. The minimum atomic E-state index is -3.39. The number of rotatable bonds is 3. The molecule has 0 spiro atoms. The van der Waals surface area contributed by atoms with Crippen molar-refractivity contribution in [1.82, 2.24) is 14.5 Å². The standard InChI is InChI=1S/C14H20BrN3O2S/c1-11-2-3-12(15)8-14(11)21(19,20)18-6-4-17(5-7-18)13-9-16-10-13/h2-3,8,13,16H,4-7,9-10H2,1H3. The Balaban J connectivity index is 1.75. The zero-order valence-electron chi connectivity index (χ0n) is 12.0. The second kappa shape index (κ2) is 5.96. The lowest BCUT2D eigenvalue weighted by Gasteiger charge is -2.42. The van der Waals surface area contributed by atoms with Crippen molar-refractivity contribution in [3.05, 3.63) is 28.2 Å². The molecule has 0 aliphatic carbocycles. The summed E-state index contributed by atoms with van der Waals surface area (Å²) in [7, 11) is -3.39. The normalized spacial score (nSPS) is 22.2. The molecule has 0 aromatic heterocycles. The summed E-state index contributed by atoms with van der Waals surface area (Å²) in [6.07, 6.45) is 0. The summed E-state index contributed by atoms with van der Waals surface area (Å²) >= 11 is 3.36. The van der Waals surface area contributed by atoms with Crippen LogP contribution in [0.5, 0.6) is 0 Å². The van der Waals surface area contributed by atoms with Gasteiger partial charge in [0.05, 0.1) is 4.90 Å². The first-order valence-electron chi connectivity index (χ1n) is 7.19. The van der Waals surface area contributed by atoms with Crippen LogP contribution >= 0.6 is 15.9 Å². The maximum atomic E-state index is 12.8. The molecule has 21 heavy (non-hydrogen) atoms. The molecule has 0 bridgehead atoms. The molecule has 116 valence electrons. The maximum absolute atomic E-state index is 12.8. The van der Waals surface area contributed by atoms with E-state index in [1.54, 1.807) is 10.4 Å². The molecule has 3 rings (SSSR count). The highest BCUT2D eigenvalue weighted by molar-refractivity contribution is 9.10. The van der Waals surface area contributed by atoms with Crippen molar-refractivity contribution < 1.29 is 8.42 Å². The number of nitrogens with one attached hydrogen (secondary N) is 1. The molecule has 2 aliphatic rings. The lowest BCUT2D eigenvalue weighted by molar-refractivity contribution is 0.103. The quantitative estimate of drug-likeness (QED) is 0.859. The summed E-state index contributed by atoms with van der Waals surface area (Å²) in [6.45, 7) is 6.68. The second-order valence-electron chi connectivity index (χ2n) is 5.66. The molecule has 0 unspecified atom stereocenters. The Labute approximate surface area is 134 Å². The first-order chi connectivity index (χ1) is 9.98. The van der Waals surface area contributed by atoms with Crippen LogP contribution in [0.1, 0.15) is 5.56 Å². The number of hydrogen-bond acceptors (Lipinski definition) is 4. The zero-order valence-corrected chi connectivity index (χ0v) is 14.5. The molecule has 2 aliphatic heterocycles. The van der Waals surface area contributed by atoms with Crippen molar-refractivity contribution in [3.8, 4) is 0 Å². The number of hydrogen-bond donors (Lipinski definition) is 1. The average Bonchev–Trinajstić information content (AvgIpc) is 2.40. The fourth-order valence-electron chi connectivity index (χ4n) is 2.83. The number of aryl methyl sites for hydroxylation is 1. The summed E-state index contributed by atoms with van der Waals surface area (Å²) in [5.41, 5.74) is 0.795. The smallest absolute Gasteiger partial charge is 0.243 e. The van der Waals surface area contributed by atoms with Crippen LogP contribution in [-0.2, 0) is 10.0 Å². The minimum absolute atomic E-state index is 0.413. The first-order valence-corrected chi connectivity index (χ1v) is 9.43. The average molecular weight is 374 g/mol. The molecule has 0 amide bonds. The molecule has 0 atom stereocenters. The molecule has 5 nitrogen and oxygen atoms in total. The summed E-state index contributed by atoms with van der Waals surface area (Å²) in [5.74, 6) is 0. The third kappa shape index (κ3) is 3.03. The van der Waals surface area contributed by atoms with Crippen LogP contribution in [0.2, 0.25) is 0 Å². The Morgan fingerprint density at radius 1 is 1.19 bits per heavy atom. The van der Waals surface area contributed by atoms with Gasteiger partial charge in [-0.25, -0.2) is 8.42 Å². The second-order valence-corrected chi connectivity index (χ2v) is 8.48. The topological polar surface area (TPSA) is 52.7 Å². The van der Waals surface area contributed by atoms with Crippen LogP contribution in [-0.4, -0.2) is 62.9 Å². The van der Waals surface area contributed by atoms with Gasteiger partial charge in [-0.1, -0.05) is 22.0 Å². The van der Waals surface area contributed by atoms with Gasteiger partial charge >= 0.3 is 0 Å². The van der Waals surface area contributed by atoms with Gasteiger partial charge in [0.25, 0.3) is 0 Å². The van der Waals surface area contributed by atoms with Gasteiger partial charge in [0.15, 0.2) is 0 Å². The van der Waals surface area contributed by atoms with Crippen molar-refractivity contribution in [3.63, 3.8) is 0 Å². The van der Waals surface area contributed by atoms with Gasteiger partial charge < -0.3 is 5.32 Å². The molecule has 0 radical (unpaired) electrons. The molecule has 2 fully saturated rings. The monoisotopic (exact) mass is 373 g/mol. The largest absolute Gasteiger partial charge is 0.314 e. The van der Waals surface area contributed by atoms with Crippen LogP contribution in [0.3, 0.4) is 0 Å². The van der Waals surface area contributed by atoms with Crippen LogP contribution in [0, 0.1) is 6.92 Å². The fourth-order valence-corrected chi connectivity index (χ4v) is 5.02. The molecule has 2 saturated heterocycles. The van der Waals surface area contributed by atoms with E-state index in [2.05, 4.69) is 26.1 Å². The van der Waals surface area contributed by atoms with Crippen molar-refractivity contribution >= 4 is 26.0 Å². The SMILES string of the molecule is Cc1ccc(Br)cc1S(=O)(=O)N1CCN(C2CNC2)CC1. The number of halogens is 1. The predicted molar refractivity (Wildman–Crippen MR) is 85.9 cm³/mol. The Kier molecular flexibility index (Phi) is 4.38. The Bertz CT molecular complexity index is 623. The van der Waals surface area contributed by atoms with Crippen LogP contribution in [0.15, 0.2) is 27.6 Å². The highest BCUT2D eigenvalue weighted by Crippen LogP contribution is 2.25. The number of benzene rings is 1. The molecule has 2 heterocycles. The van der Waals surface area contributed by atoms with E-state index in [1.807, 2.05) is 19.1 Å². The van der Waals surface area contributed by atoms with Gasteiger partial charge in [-0.3, -0.25) is 4.90 Å². The van der Waals surface area contributed by atoms with Crippen molar-refractivity contribution in [2.75, 3.05) is 39.3 Å². The third-order valence-electron chi connectivity index (χ3n) is 4.32. The van der Waals surface area contributed by atoms with E-state index in [4.69, 9.17) is 0 Å². The van der Waals surface area contributed by atoms with E-state index < -0.39 is 10.0 Å². The summed E-state index contributed by atoms with van der Waals surface area (Å²) in [4.78, 5) is 2.80. The van der Waals surface area contributed by atoms with Gasteiger partial charge in [-0.05, 0) is 24.6 Å². The highest BCUT2D eigenvalue weighted by Gasteiger charge is 2.33. The first kappa shape index (κ1) is 15.4. The zero-order chi connectivity index (χ0) is 15.0. The van der Waals surface area contributed by atoms with E-state index in [1.165, 1.54) is 0 Å². The predicted octanol–water partition coefficient (Wildman–Crippen LogP) is 1.04. The summed E-state index contributed by atoms with van der Waals surface area (Å²) in [6, 6.07) is 6.00. The Morgan fingerprint density at radius 2 is 1.86 bits per heavy atom. The van der Waals surface area contributed by atoms with E-state index in [9.17, 15) is 8.42 Å². The van der Waals surface area contributed by atoms with Crippen molar-refractivity contribution in [1.29, 1.82) is 0 Å². The van der Waals surface area contributed by atoms with Crippen LogP contribution < -0.4 is 5.32 Å². The van der Waals surface area contributed by atoms with Crippen LogP contribution in [0.25, 0.3) is 0 Å². The summed E-state index contributed by atoms with van der Waals surface area (Å²) < 4.78 is 28.0. The fraction of sp³-hybridized carbons (Fsp3) is 0.571. The number of piperazine rings is 1. The highest BCUT2D eigenvalue weighted by atomic mass is 79.9. The Hall–Kier alpha value is -0.470. The van der Waals surface area contributed by atoms with Crippen molar-refractivity contribution in [2.45, 2.75) is 17.9 Å². The summed E-state index contributed by atoms with van der Waals surface area (Å²) in [5, 5.41) is 3.26. The maximum Gasteiger partial charge on any atom is 0.243 e. The Morgan fingerprint density at radius 3 is 2.43 bits per heavy atom. The van der Waals surface area contributed by atoms with E-state index >= 15 is 0 Å². The number of nitrogens with zero attached hydrogens (tertiary/aromatic N) is 2. The molecule has 0 saturated carbocycles. The van der Waals surface area contributed by atoms with Gasteiger partial charge in [-0.2, -0.15) is 4.31 Å². The van der Waals surface area contributed by atoms with Crippen LogP contribution in [0.4, 0.5) is 0 Å². The lowest BCUT2D eigenvalue weighted by atomic mass is 10.1. The van der Waals surface area contributed by atoms with E-state index in [-0.39, 0.29) is 0 Å². The van der Waals surface area contributed by atoms with Gasteiger partial charge in [0, 0.05) is 49.8 Å². The van der Waals surface area contributed by atoms with E-state index in [0.29, 0.717) is 24.0 Å². The molecule has 1 aromatic rings. The number of sulfonamides is 1. The van der Waals surface area contributed by atoms with Gasteiger partial charge in [0.2, 0.25) is 10.0 Å². The van der Waals surface area contributed by atoms with E-state index in [0.717, 1.165) is 36.2 Å². The lowest BCUT2D eigenvalue weighted by Crippen LogP contribution is -2.62. The minimum Gasteiger partial charge on any atom is -0.314 e. The molecule has 1 N–H and O–H groups in total.